The van der Waals surface area contributed by atoms with Crippen LogP contribution >= 0.6 is 0 Å². The zero-order valence-electron chi connectivity index (χ0n) is 15.2. The molecule has 2 aromatic carbocycles. The summed E-state index contributed by atoms with van der Waals surface area (Å²) >= 11 is 0. The maximum Gasteiger partial charge on any atom is 0.315 e. The van der Waals surface area contributed by atoms with E-state index in [0.29, 0.717) is 12.4 Å². The highest BCUT2D eigenvalue weighted by Gasteiger charge is 2.07. The van der Waals surface area contributed by atoms with Crippen molar-refractivity contribution in [1.29, 1.82) is 0 Å². The molecular formula is C23H21NO3. The van der Waals surface area contributed by atoms with Gasteiger partial charge in [-0.15, -0.1) is 0 Å². The molecule has 0 atom stereocenters. The Hall–Kier alpha value is -3.40. The summed E-state index contributed by atoms with van der Waals surface area (Å²) in [6, 6.07) is 20.6. The van der Waals surface area contributed by atoms with Crippen LogP contribution < -0.4 is 9.47 Å². The molecule has 0 unspecified atom stereocenters. The Balaban J connectivity index is 1.54. The molecule has 4 nitrogen and oxygen atoms in total. The van der Waals surface area contributed by atoms with Crippen molar-refractivity contribution in [3.63, 3.8) is 0 Å². The Morgan fingerprint density at radius 3 is 2.33 bits per heavy atom. The number of pyridine rings is 1. The lowest BCUT2D eigenvalue weighted by atomic mass is 10.1. The summed E-state index contributed by atoms with van der Waals surface area (Å²) in [5.74, 6) is 1.03. The van der Waals surface area contributed by atoms with E-state index in [2.05, 4.69) is 4.98 Å². The predicted molar refractivity (Wildman–Crippen MR) is 107 cm³/mol. The Bertz CT molecular complexity index is 885. The van der Waals surface area contributed by atoms with E-state index >= 15 is 0 Å². The van der Waals surface area contributed by atoms with Crippen molar-refractivity contribution in [3.05, 3.63) is 89.7 Å². The van der Waals surface area contributed by atoms with Gasteiger partial charge in [0.25, 0.3) is 0 Å². The van der Waals surface area contributed by atoms with Crippen LogP contribution in [-0.2, 0) is 11.2 Å². The standard InChI is InChI=1S/C23H21NO3/c1-2-26-21-12-9-19(10-13-21)17-23(25)27-22-14-7-18(8-15-22)6-11-20-5-3-4-16-24-20/h3-16H,2,17H2,1H3/b11-6+. The number of hydrogen-bond acceptors (Lipinski definition) is 4. The number of rotatable bonds is 7. The Labute approximate surface area is 159 Å². The molecule has 0 bridgehead atoms. The zero-order valence-corrected chi connectivity index (χ0v) is 15.2. The monoisotopic (exact) mass is 359 g/mol. The van der Waals surface area contributed by atoms with Gasteiger partial charge < -0.3 is 9.47 Å². The third kappa shape index (κ3) is 5.82. The zero-order chi connectivity index (χ0) is 18.9. The number of nitrogens with zero attached hydrogens (tertiary/aromatic N) is 1. The van der Waals surface area contributed by atoms with E-state index in [1.165, 1.54) is 0 Å². The fraction of sp³-hybridized carbons (Fsp3) is 0.130. The fourth-order valence-electron chi connectivity index (χ4n) is 2.51. The van der Waals surface area contributed by atoms with Crippen molar-refractivity contribution in [1.82, 2.24) is 4.98 Å². The first kappa shape index (κ1) is 18.4. The smallest absolute Gasteiger partial charge is 0.315 e. The Kier molecular flexibility index (Phi) is 6.36. The molecule has 1 aromatic heterocycles. The van der Waals surface area contributed by atoms with Crippen LogP contribution in [0.4, 0.5) is 0 Å². The van der Waals surface area contributed by atoms with E-state index in [1.807, 2.05) is 73.7 Å². The largest absolute Gasteiger partial charge is 0.494 e. The van der Waals surface area contributed by atoms with E-state index in [4.69, 9.17) is 9.47 Å². The number of carbonyl (C=O) groups is 1. The summed E-state index contributed by atoms with van der Waals surface area (Å²) in [7, 11) is 0. The average molecular weight is 359 g/mol. The fourth-order valence-corrected chi connectivity index (χ4v) is 2.51. The van der Waals surface area contributed by atoms with E-state index in [1.54, 1.807) is 18.3 Å². The van der Waals surface area contributed by atoms with Gasteiger partial charge in [-0.1, -0.05) is 36.4 Å². The molecule has 0 saturated carbocycles. The molecule has 3 aromatic rings. The first-order valence-corrected chi connectivity index (χ1v) is 8.84. The minimum Gasteiger partial charge on any atom is -0.494 e. The molecule has 0 aliphatic rings. The van der Waals surface area contributed by atoms with Gasteiger partial charge in [0, 0.05) is 6.20 Å². The summed E-state index contributed by atoms with van der Waals surface area (Å²) in [6.07, 6.45) is 5.88. The SMILES string of the molecule is CCOc1ccc(CC(=O)Oc2ccc(/C=C/c3ccccn3)cc2)cc1. The maximum absolute atomic E-state index is 12.1. The van der Waals surface area contributed by atoms with Crippen LogP contribution in [0.2, 0.25) is 0 Å². The molecule has 0 fully saturated rings. The number of benzene rings is 2. The number of esters is 1. The highest BCUT2D eigenvalue weighted by Crippen LogP contribution is 2.16. The third-order valence-electron chi connectivity index (χ3n) is 3.83. The summed E-state index contributed by atoms with van der Waals surface area (Å²) in [4.78, 5) is 16.4. The second-order valence-corrected chi connectivity index (χ2v) is 5.88. The molecule has 136 valence electrons. The van der Waals surface area contributed by atoms with Crippen LogP contribution in [0.3, 0.4) is 0 Å². The molecule has 0 amide bonds. The Morgan fingerprint density at radius 2 is 1.67 bits per heavy atom. The minimum atomic E-state index is -0.295. The van der Waals surface area contributed by atoms with Crippen molar-refractivity contribution in [3.8, 4) is 11.5 Å². The molecule has 0 aliphatic heterocycles. The summed E-state index contributed by atoms with van der Waals surface area (Å²) in [5, 5.41) is 0. The second kappa shape index (κ2) is 9.34. The lowest BCUT2D eigenvalue weighted by Gasteiger charge is -2.06. The van der Waals surface area contributed by atoms with Gasteiger partial charge in [-0.25, -0.2) is 0 Å². The van der Waals surface area contributed by atoms with Gasteiger partial charge in [0.15, 0.2) is 0 Å². The van der Waals surface area contributed by atoms with Gasteiger partial charge >= 0.3 is 5.97 Å². The average Bonchev–Trinajstić information content (AvgIpc) is 2.70. The summed E-state index contributed by atoms with van der Waals surface area (Å²) < 4.78 is 10.8. The molecular weight excluding hydrogens is 338 g/mol. The molecule has 0 radical (unpaired) electrons. The van der Waals surface area contributed by atoms with Crippen LogP contribution in [0.25, 0.3) is 12.2 Å². The third-order valence-corrected chi connectivity index (χ3v) is 3.83. The molecule has 1 heterocycles. The van der Waals surface area contributed by atoms with Crippen LogP contribution in [-0.4, -0.2) is 17.6 Å². The second-order valence-electron chi connectivity index (χ2n) is 5.88. The molecule has 0 spiro atoms. The lowest BCUT2D eigenvalue weighted by Crippen LogP contribution is -2.11. The van der Waals surface area contributed by atoms with Crippen molar-refractivity contribution in [2.75, 3.05) is 6.61 Å². The van der Waals surface area contributed by atoms with E-state index in [-0.39, 0.29) is 12.4 Å². The van der Waals surface area contributed by atoms with Crippen molar-refractivity contribution in [2.24, 2.45) is 0 Å². The maximum atomic E-state index is 12.1. The van der Waals surface area contributed by atoms with Crippen LogP contribution in [0, 0.1) is 0 Å². The Morgan fingerprint density at radius 1 is 0.926 bits per heavy atom. The summed E-state index contributed by atoms with van der Waals surface area (Å²) in [6.45, 7) is 2.55. The lowest BCUT2D eigenvalue weighted by molar-refractivity contribution is -0.133. The number of ether oxygens (including phenoxy) is 2. The minimum absolute atomic E-state index is 0.216. The molecule has 0 N–H and O–H groups in total. The predicted octanol–water partition coefficient (Wildman–Crippen LogP) is 4.80. The molecule has 0 saturated heterocycles. The molecule has 4 heteroatoms. The van der Waals surface area contributed by atoms with E-state index in [0.717, 1.165) is 22.6 Å². The topological polar surface area (TPSA) is 48.4 Å². The summed E-state index contributed by atoms with van der Waals surface area (Å²) in [5.41, 5.74) is 2.79. The van der Waals surface area contributed by atoms with Crippen LogP contribution in [0.1, 0.15) is 23.7 Å². The van der Waals surface area contributed by atoms with Gasteiger partial charge in [0.1, 0.15) is 11.5 Å². The van der Waals surface area contributed by atoms with E-state index in [9.17, 15) is 4.79 Å². The van der Waals surface area contributed by atoms with Crippen molar-refractivity contribution in [2.45, 2.75) is 13.3 Å². The quantitative estimate of drug-likeness (QED) is 0.449. The first-order valence-electron chi connectivity index (χ1n) is 8.84. The van der Waals surface area contributed by atoms with Crippen molar-refractivity contribution < 1.29 is 14.3 Å². The molecule has 0 aliphatic carbocycles. The van der Waals surface area contributed by atoms with Gasteiger partial charge in [-0.3, -0.25) is 9.78 Å². The van der Waals surface area contributed by atoms with E-state index < -0.39 is 0 Å². The highest BCUT2D eigenvalue weighted by atomic mass is 16.5. The number of carbonyl (C=O) groups excluding carboxylic acids is 1. The van der Waals surface area contributed by atoms with Crippen LogP contribution in [0.15, 0.2) is 72.9 Å². The normalized spacial score (nSPS) is 10.7. The number of aromatic nitrogens is 1. The number of hydrogen-bond donors (Lipinski definition) is 0. The molecule has 3 rings (SSSR count). The molecule has 27 heavy (non-hydrogen) atoms. The van der Waals surface area contributed by atoms with Gasteiger partial charge in [0.05, 0.1) is 18.7 Å². The van der Waals surface area contributed by atoms with Gasteiger partial charge in [-0.2, -0.15) is 0 Å². The van der Waals surface area contributed by atoms with Crippen molar-refractivity contribution >= 4 is 18.1 Å². The first-order chi connectivity index (χ1) is 13.2. The van der Waals surface area contributed by atoms with Gasteiger partial charge in [-0.05, 0) is 60.5 Å². The van der Waals surface area contributed by atoms with Gasteiger partial charge in [0.2, 0.25) is 0 Å². The highest BCUT2D eigenvalue weighted by molar-refractivity contribution is 5.75. The van der Waals surface area contributed by atoms with Crippen LogP contribution in [0.5, 0.6) is 11.5 Å².